The van der Waals surface area contributed by atoms with Gasteiger partial charge in [-0.1, -0.05) is 45.4 Å². The first-order chi connectivity index (χ1) is 5.83. The van der Waals surface area contributed by atoms with Gasteiger partial charge >= 0.3 is 0 Å². The van der Waals surface area contributed by atoms with Crippen LogP contribution in [0.25, 0.3) is 0 Å². The fourth-order valence-electron chi connectivity index (χ4n) is 2.24. The zero-order chi connectivity index (χ0) is 8.81. The zero-order valence-electron chi connectivity index (χ0n) is 8.19. The van der Waals surface area contributed by atoms with E-state index >= 15 is 0 Å². The monoisotopic (exact) mass is 188 g/mol. The van der Waals surface area contributed by atoms with Crippen LogP contribution in [-0.4, -0.2) is 5.38 Å². The molecular weight excluding hydrogens is 168 g/mol. The molecule has 1 heteroatoms. The molecule has 0 aromatic rings. The molecule has 0 aromatic carbocycles. The van der Waals surface area contributed by atoms with Gasteiger partial charge in [0.15, 0.2) is 0 Å². The molecule has 0 spiro atoms. The second-order valence-electron chi connectivity index (χ2n) is 4.13. The Bertz CT molecular complexity index is 112. The van der Waals surface area contributed by atoms with Crippen molar-refractivity contribution in [1.29, 1.82) is 0 Å². The first-order valence-corrected chi connectivity index (χ1v) is 5.90. The lowest BCUT2D eigenvalue weighted by Gasteiger charge is -2.22. The van der Waals surface area contributed by atoms with Gasteiger partial charge in [-0.25, -0.2) is 0 Å². The summed E-state index contributed by atoms with van der Waals surface area (Å²) in [6, 6.07) is 0. The maximum absolute atomic E-state index is 6.22. The summed E-state index contributed by atoms with van der Waals surface area (Å²) in [5.74, 6) is 0.929. The summed E-state index contributed by atoms with van der Waals surface area (Å²) in [6.07, 6.45) is 10.9. The maximum Gasteiger partial charge on any atom is 0.0338 e. The van der Waals surface area contributed by atoms with Crippen LogP contribution >= 0.6 is 11.6 Å². The Kier molecular flexibility index (Phi) is 5.06. The van der Waals surface area contributed by atoms with Gasteiger partial charge in [0.1, 0.15) is 0 Å². The lowest BCUT2D eigenvalue weighted by molar-refractivity contribution is 0.360. The van der Waals surface area contributed by atoms with E-state index in [9.17, 15) is 0 Å². The molecule has 0 aliphatic heterocycles. The van der Waals surface area contributed by atoms with Gasteiger partial charge in [0.05, 0.1) is 0 Å². The molecule has 1 aliphatic rings. The minimum atomic E-state index is 0.474. The van der Waals surface area contributed by atoms with Crippen LogP contribution < -0.4 is 0 Å². The quantitative estimate of drug-likeness (QED) is 0.565. The number of halogens is 1. The zero-order valence-corrected chi connectivity index (χ0v) is 8.95. The van der Waals surface area contributed by atoms with E-state index in [0.717, 1.165) is 5.92 Å². The van der Waals surface area contributed by atoms with Crippen molar-refractivity contribution in [2.45, 2.75) is 63.7 Å². The molecule has 0 aromatic heterocycles. The largest absolute Gasteiger partial charge is 0.123 e. The first-order valence-electron chi connectivity index (χ1n) is 5.47. The van der Waals surface area contributed by atoms with Crippen molar-refractivity contribution in [3.8, 4) is 0 Å². The van der Waals surface area contributed by atoms with Gasteiger partial charge in [-0.15, -0.1) is 11.6 Å². The van der Waals surface area contributed by atoms with Crippen LogP contribution in [0.5, 0.6) is 0 Å². The molecule has 2 unspecified atom stereocenters. The van der Waals surface area contributed by atoms with E-state index in [2.05, 4.69) is 6.92 Å². The van der Waals surface area contributed by atoms with Crippen LogP contribution in [0.4, 0.5) is 0 Å². The number of hydrogen-bond acceptors (Lipinski definition) is 0. The lowest BCUT2D eigenvalue weighted by atomic mass is 9.88. The number of rotatable bonds is 2. The second kappa shape index (κ2) is 5.85. The van der Waals surface area contributed by atoms with Crippen LogP contribution in [0.15, 0.2) is 0 Å². The highest BCUT2D eigenvalue weighted by Gasteiger charge is 2.16. The summed E-state index contributed by atoms with van der Waals surface area (Å²) in [5, 5.41) is 0.474. The van der Waals surface area contributed by atoms with E-state index in [1.165, 1.54) is 51.4 Å². The van der Waals surface area contributed by atoms with E-state index in [-0.39, 0.29) is 0 Å². The van der Waals surface area contributed by atoms with Crippen molar-refractivity contribution in [2.75, 3.05) is 0 Å². The van der Waals surface area contributed by atoms with E-state index in [1.807, 2.05) is 0 Å². The van der Waals surface area contributed by atoms with Gasteiger partial charge < -0.3 is 0 Å². The van der Waals surface area contributed by atoms with Gasteiger partial charge in [-0.2, -0.15) is 0 Å². The SMILES string of the molecule is CCCC1CCCCCC(Cl)C1. The summed E-state index contributed by atoms with van der Waals surface area (Å²) in [6.45, 7) is 2.28. The molecule has 0 amide bonds. The average Bonchev–Trinajstić information content (AvgIpc) is 2.00. The maximum atomic E-state index is 6.22. The highest BCUT2D eigenvalue weighted by atomic mass is 35.5. The highest BCUT2D eigenvalue weighted by molar-refractivity contribution is 6.20. The summed E-state index contributed by atoms with van der Waals surface area (Å²) in [4.78, 5) is 0. The smallest absolute Gasteiger partial charge is 0.0338 e. The third kappa shape index (κ3) is 3.80. The van der Waals surface area contributed by atoms with Gasteiger partial charge in [0.2, 0.25) is 0 Å². The third-order valence-electron chi connectivity index (χ3n) is 2.92. The minimum absolute atomic E-state index is 0.474. The molecule has 2 atom stereocenters. The predicted octanol–water partition coefficient (Wildman–Crippen LogP) is 4.36. The van der Waals surface area contributed by atoms with Crippen molar-refractivity contribution in [1.82, 2.24) is 0 Å². The molecule has 1 aliphatic carbocycles. The molecule has 0 bridgehead atoms. The number of hydrogen-bond donors (Lipinski definition) is 0. The third-order valence-corrected chi connectivity index (χ3v) is 3.31. The Labute approximate surface area is 81.7 Å². The lowest BCUT2D eigenvalue weighted by Crippen LogP contribution is -2.11. The van der Waals surface area contributed by atoms with E-state index in [0.29, 0.717) is 5.38 Å². The van der Waals surface area contributed by atoms with Crippen LogP contribution in [0, 0.1) is 5.92 Å². The van der Waals surface area contributed by atoms with Crippen LogP contribution in [0.2, 0.25) is 0 Å². The van der Waals surface area contributed by atoms with Crippen LogP contribution in [-0.2, 0) is 0 Å². The molecule has 72 valence electrons. The fourth-order valence-corrected chi connectivity index (χ4v) is 2.65. The molecule has 1 fully saturated rings. The van der Waals surface area contributed by atoms with Crippen molar-refractivity contribution >= 4 is 11.6 Å². The standard InChI is InChI=1S/C11H21Cl/c1-2-6-10-7-4-3-5-8-11(12)9-10/h10-11H,2-9H2,1H3. The topological polar surface area (TPSA) is 0 Å². The Morgan fingerprint density at radius 2 is 1.92 bits per heavy atom. The summed E-state index contributed by atoms with van der Waals surface area (Å²) >= 11 is 6.22. The molecule has 0 radical (unpaired) electrons. The van der Waals surface area contributed by atoms with E-state index in [4.69, 9.17) is 11.6 Å². The van der Waals surface area contributed by atoms with Crippen molar-refractivity contribution < 1.29 is 0 Å². The number of alkyl halides is 1. The molecule has 0 heterocycles. The Morgan fingerprint density at radius 3 is 2.67 bits per heavy atom. The molecule has 1 rings (SSSR count). The fraction of sp³-hybridized carbons (Fsp3) is 1.00. The average molecular weight is 189 g/mol. The molecular formula is C11H21Cl. The normalized spacial score (nSPS) is 32.5. The molecule has 0 nitrogen and oxygen atoms in total. The summed E-state index contributed by atoms with van der Waals surface area (Å²) in [7, 11) is 0. The predicted molar refractivity (Wildman–Crippen MR) is 55.7 cm³/mol. The van der Waals surface area contributed by atoms with Gasteiger partial charge in [0, 0.05) is 5.38 Å². The highest BCUT2D eigenvalue weighted by Crippen LogP contribution is 2.28. The second-order valence-corrected chi connectivity index (χ2v) is 4.74. The summed E-state index contributed by atoms with van der Waals surface area (Å²) in [5.41, 5.74) is 0. The van der Waals surface area contributed by atoms with Gasteiger partial charge in [-0.3, -0.25) is 0 Å². The Morgan fingerprint density at radius 1 is 1.17 bits per heavy atom. The molecule has 0 saturated heterocycles. The van der Waals surface area contributed by atoms with Gasteiger partial charge in [0.25, 0.3) is 0 Å². The van der Waals surface area contributed by atoms with Crippen molar-refractivity contribution in [3.05, 3.63) is 0 Å². The Hall–Kier alpha value is 0.290. The summed E-state index contributed by atoms with van der Waals surface area (Å²) < 4.78 is 0. The Balaban J connectivity index is 2.27. The first kappa shape index (κ1) is 10.4. The van der Waals surface area contributed by atoms with E-state index < -0.39 is 0 Å². The van der Waals surface area contributed by atoms with Crippen LogP contribution in [0.1, 0.15) is 58.3 Å². The van der Waals surface area contributed by atoms with E-state index in [1.54, 1.807) is 0 Å². The minimum Gasteiger partial charge on any atom is -0.123 e. The molecule has 12 heavy (non-hydrogen) atoms. The molecule has 0 N–H and O–H groups in total. The van der Waals surface area contributed by atoms with Crippen LogP contribution in [0.3, 0.4) is 0 Å². The van der Waals surface area contributed by atoms with Crippen molar-refractivity contribution in [3.63, 3.8) is 0 Å². The van der Waals surface area contributed by atoms with Gasteiger partial charge in [-0.05, 0) is 18.8 Å². The molecule has 1 saturated carbocycles. The van der Waals surface area contributed by atoms with Crippen molar-refractivity contribution in [2.24, 2.45) is 5.92 Å².